The fourth-order valence-corrected chi connectivity index (χ4v) is 0. The van der Waals surface area contributed by atoms with E-state index >= 15 is 0 Å². The van der Waals surface area contributed by atoms with Crippen LogP contribution in [0.2, 0.25) is 0 Å². The summed E-state index contributed by atoms with van der Waals surface area (Å²) >= 11 is 0. The van der Waals surface area contributed by atoms with Crippen molar-refractivity contribution < 1.29 is 104 Å². The fraction of sp³-hybridized carbons (Fsp3) is 0. The fourth-order valence-electron chi connectivity index (χ4n) is 0. The Morgan fingerprint density at radius 3 is 0.647 bits per heavy atom. The monoisotopic (exact) mass is 356 g/mol. The van der Waals surface area contributed by atoms with E-state index in [4.69, 9.17) is 52.6 Å². The summed E-state index contributed by atoms with van der Waals surface area (Å²) in [7, 11) is -15.0. The summed E-state index contributed by atoms with van der Waals surface area (Å²) in [5.41, 5.74) is 0. The molecule has 17 heteroatoms. The van der Waals surface area contributed by atoms with Crippen LogP contribution in [0.15, 0.2) is 0 Å². The Bertz CT molecular complexity index is 343. The van der Waals surface area contributed by atoms with Crippen molar-refractivity contribution in [3.05, 3.63) is 0 Å². The molecule has 0 aliphatic rings. The zero-order chi connectivity index (χ0) is 13.5. The standard InChI is InChI=1S/Al.K.3H2O4S/c;;3*1-5(2,3)4/h;;3*(H2,1,2,3,4)/q+3;+1;;;/p-4. The van der Waals surface area contributed by atoms with Gasteiger partial charge in [0.1, 0.15) is 0 Å². The Morgan fingerprint density at radius 2 is 0.647 bits per heavy atom. The van der Waals surface area contributed by atoms with Crippen LogP contribution in [0.25, 0.3) is 0 Å². The Morgan fingerprint density at radius 1 is 0.647 bits per heavy atom. The van der Waals surface area contributed by atoms with E-state index in [1.165, 1.54) is 0 Å². The van der Waals surface area contributed by atoms with Gasteiger partial charge in [-0.25, -0.2) is 0 Å². The minimum atomic E-state index is -5.17. The summed E-state index contributed by atoms with van der Waals surface area (Å²) in [5.74, 6) is 0. The molecule has 0 aromatic heterocycles. The van der Waals surface area contributed by atoms with E-state index in [0.29, 0.717) is 0 Å². The van der Waals surface area contributed by atoms with E-state index in [1.54, 1.807) is 0 Å². The van der Waals surface area contributed by atoms with Crippen molar-refractivity contribution in [2.75, 3.05) is 0 Å². The summed E-state index contributed by atoms with van der Waals surface area (Å²) in [4.78, 5) is 0. The van der Waals surface area contributed by atoms with E-state index < -0.39 is 31.2 Å². The first-order chi connectivity index (χ1) is 6.00. The average Bonchev–Trinajstić information content (AvgIpc) is 1.41. The van der Waals surface area contributed by atoms with Crippen LogP contribution in [-0.4, -0.2) is 69.9 Å². The molecule has 0 aliphatic heterocycles. The van der Waals surface area contributed by atoms with Gasteiger partial charge in [-0.2, -0.15) is 8.42 Å². The topological polar surface area (TPSA) is 235 Å². The van der Waals surface area contributed by atoms with Gasteiger partial charge in [0.25, 0.3) is 0 Å². The number of hydrogen-bond donors (Lipinski definition) is 2. The van der Waals surface area contributed by atoms with Gasteiger partial charge >= 0.3 is 79.1 Å². The predicted octanol–water partition coefficient (Wildman–Crippen LogP) is -6.71. The van der Waals surface area contributed by atoms with E-state index in [-0.39, 0.29) is 68.7 Å². The van der Waals surface area contributed by atoms with E-state index in [1.807, 2.05) is 0 Å². The third-order valence-electron chi connectivity index (χ3n) is 0. The van der Waals surface area contributed by atoms with Crippen molar-refractivity contribution >= 4 is 48.6 Å². The molecule has 0 spiro atoms. The molecule has 0 fully saturated rings. The van der Waals surface area contributed by atoms with Crippen LogP contribution in [0.5, 0.6) is 0 Å². The molecule has 0 aromatic carbocycles. The maximum Gasteiger partial charge on any atom is 3.00 e. The third kappa shape index (κ3) is 1400. The van der Waals surface area contributed by atoms with Gasteiger partial charge < -0.3 is 18.2 Å². The van der Waals surface area contributed by atoms with Crippen molar-refractivity contribution in [3.63, 3.8) is 0 Å². The molecular weight excluding hydrogens is 354 g/mol. The van der Waals surface area contributed by atoms with Gasteiger partial charge in [0.05, 0.1) is 0 Å². The summed E-state index contributed by atoms with van der Waals surface area (Å²) < 4.78 is 99.7. The van der Waals surface area contributed by atoms with Crippen molar-refractivity contribution in [2.24, 2.45) is 0 Å². The average molecular weight is 356 g/mol. The van der Waals surface area contributed by atoms with Gasteiger partial charge in [-0.05, 0) is 0 Å². The van der Waals surface area contributed by atoms with Gasteiger partial charge in [0.15, 0.2) is 0 Å². The largest absolute Gasteiger partial charge is 3.00 e. The molecular formula is H2AlKO12S3. The molecule has 0 heterocycles. The normalized spacial score (nSPS) is 10.2. The summed E-state index contributed by atoms with van der Waals surface area (Å²) in [5, 5.41) is 0. The zero-order valence-corrected chi connectivity index (χ0v) is 14.5. The van der Waals surface area contributed by atoms with E-state index in [2.05, 4.69) is 0 Å². The minimum absolute atomic E-state index is 0. The Balaban J connectivity index is -0.0000000400. The van der Waals surface area contributed by atoms with Crippen LogP contribution in [-0.2, 0) is 31.2 Å². The predicted molar refractivity (Wildman–Crippen MR) is 40.9 cm³/mol. The second-order valence-corrected chi connectivity index (χ2v) is 3.79. The smallest absolute Gasteiger partial charge is 0.759 e. The number of rotatable bonds is 0. The molecule has 0 atom stereocenters. The van der Waals surface area contributed by atoms with Gasteiger partial charge in [-0.3, -0.25) is 25.9 Å². The molecule has 0 unspecified atom stereocenters. The van der Waals surface area contributed by atoms with E-state index in [9.17, 15) is 0 Å². The van der Waals surface area contributed by atoms with Gasteiger partial charge in [0.2, 0.25) is 0 Å². The van der Waals surface area contributed by atoms with Crippen molar-refractivity contribution in [1.29, 1.82) is 0 Å². The zero-order valence-electron chi connectivity index (χ0n) is 7.78. The quantitative estimate of drug-likeness (QED) is 0.234. The van der Waals surface area contributed by atoms with Crippen molar-refractivity contribution in [2.45, 2.75) is 0 Å². The van der Waals surface area contributed by atoms with Crippen LogP contribution >= 0.6 is 0 Å². The van der Waals surface area contributed by atoms with Crippen LogP contribution < -0.4 is 51.4 Å². The first kappa shape index (κ1) is 31.3. The van der Waals surface area contributed by atoms with Crippen LogP contribution in [0.3, 0.4) is 0 Å². The van der Waals surface area contributed by atoms with E-state index in [0.717, 1.165) is 0 Å². The molecule has 0 radical (unpaired) electrons. The maximum absolute atomic E-state index is 8.74. The molecule has 0 amide bonds. The van der Waals surface area contributed by atoms with Gasteiger partial charge in [-0.15, -0.1) is 0 Å². The summed E-state index contributed by atoms with van der Waals surface area (Å²) in [6.07, 6.45) is 0. The van der Waals surface area contributed by atoms with Gasteiger partial charge in [0, 0.05) is 20.8 Å². The second-order valence-electron chi connectivity index (χ2n) is 1.26. The first-order valence-corrected chi connectivity index (χ1v) is 6.10. The van der Waals surface area contributed by atoms with Gasteiger partial charge in [-0.1, -0.05) is 0 Å². The van der Waals surface area contributed by atoms with Crippen LogP contribution in [0.4, 0.5) is 0 Å². The minimum Gasteiger partial charge on any atom is -0.759 e. The molecule has 17 heavy (non-hydrogen) atoms. The maximum atomic E-state index is 8.74. The SMILES string of the molecule is O=S(=O)(O)O.O=S(=O)([O-])[O-].O=S(=O)([O-])[O-].[Al+3].[K+]. The molecule has 12 nitrogen and oxygen atoms in total. The molecule has 0 bridgehead atoms. The molecule has 0 saturated heterocycles. The Hall–Kier alpha value is 1.78. The Kier molecular flexibility index (Phi) is 23.5. The molecule has 0 aliphatic carbocycles. The molecule has 96 valence electrons. The first-order valence-electron chi connectivity index (χ1n) is 2.03. The van der Waals surface area contributed by atoms with Crippen molar-refractivity contribution in [3.8, 4) is 0 Å². The molecule has 2 N–H and O–H groups in total. The number of hydrogen-bond acceptors (Lipinski definition) is 10. The van der Waals surface area contributed by atoms with Crippen molar-refractivity contribution in [1.82, 2.24) is 0 Å². The second kappa shape index (κ2) is 12.8. The summed E-state index contributed by atoms with van der Waals surface area (Å²) in [6, 6.07) is 0. The molecule has 0 aromatic rings. The van der Waals surface area contributed by atoms with Crippen LogP contribution in [0, 0.1) is 0 Å². The Labute approximate surface area is 150 Å². The molecule has 0 rings (SSSR count). The third-order valence-corrected chi connectivity index (χ3v) is 0. The summed E-state index contributed by atoms with van der Waals surface area (Å²) in [6.45, 7) is 0. The molecule has 0 saturated carbocycles. The van der Waals surface area contributed by atoms with Crippen LogP contribution in [0.1, 0.15) is 0 Å².